The third-order valence-electron chi connectivity index (χ3n) is 0.432. The highest BCUT2D eigenvalue weighted by atomic mass is 32.2. The van der Waals surface area contributed by atoms with E-state index in [1.54, 1.807) is 0 Å². The molecule has 0 spiro atoms. The van der Waals surface area contributed by atoms with Crippen LogP contribution in [0.5, 0.6) is 0 Å². The molecule has 4 nitrogen and oxygen atoms in total. The molecule has 0 fully saturated rings. The summed E-state index contributed by atoms with van der Waals surface area (Å²) in [6.07, 6.45) is 0.586. The standard InChI is InChI=1S/C3H4NO3S/c1-2-3(5)8(4,6)7/h2,4H,1H2. The summed E-state index contributed by atoms with van der Waals surface area (Å²) in [7, 11) is -4.26. The molecule has 1 N–H and O–H groups in total. The molecule has 0 aliphatic rings. The SMILES string of the molecule is C=CC(=O)S([NH])(=O)=O. The van der Waals surface area contributed by atoms with Gasteiger partial charge in [-0.2, -0.15) is 0 Å². The predicted molar refractivity (Wildman–Crippen MR) is 27.2 cm³/mol. The van der Waals surface area contributed by atoms with Crippen molar-refractivity contribution in [3.8, 4) is 0 Å². The van der Waals surface area contributed by atoms with Crippen molar-refractivity contribution in [1.82, 2.24) is 5.14 Å². The van der Waals surface area contributed by atoms with E-state index < -0.39 is 15.1 Å². The zero-order chi connectivity index (χ0) is 6.78. The summed E-state index contributed by atoms with van der Waals surface area (Å²) in [6.45, 7) is 2.88. The van der Waals surface area contributed by atoms with Gasteiger partial charge in [-0.05, 0) is 6.08 Å². The summed E-state index contributed by atoms with van der Waals surface area (Å²) in [6, 6.07) is 0. The molecule has 0 amide bonds. The Labute approximate surface area is 47.0 Å². The van der Waals surface area contributed by atoms with Crippen LogP contribution in [0.15, 0.2) is 12.7 Å². The molecule has 5 heteroatoms. The van der Waals surface area contributed by atoms with Crippen LogP contribution in [0.1, 0.15) is 0 Å². The highest BCUT2D eigenvalue weighted by Crippen LogP contribution is 1.81. The molecule has 0 rings (SSSR count). The van der Waals surface area contributed by atoms with Gasteiger partial charge in [-0.15, -0.1) is 5.14 Å². The number of rotatable bonds is 1. The monoisotopic (exact) mass is 134 g/mol. The minimum atomic E-state index is -4.26. The lowest BCUT2D eigenvalue weighted by molar-refractivity contribution is -0.107. The maximum atomic E-state index is 9.94. The first-order valence-electron chi connectivity index (χ1n) is 1.64. The van der Waals surface area contributed by atoms with Crippen molar-refractivity contribution in [2.75, 3.05) is 0 Å². The summed E-state index contributed by atoms with van der Waals surface area (Å²) < 4.78 is 19.6. The largest absolute Gasteiger partial charge is 0.292 e. The van der Waals surface area contributed by atoms with Gasteiger partial charge in [0.05, 0.1) is 0 Å². The Morgan fingerprint density at radius 2 is 2.00 bits per heavy atom. The van der Waals surface area contributed by atoms with Gasteiger partial charge in [0.25, 0.3) is 15.1 Å². The molecular weight excluding hydrogens is 130 g/mol. The molecular formula is C3H4NO3S. The second-order valence-corrected chi connectivity index (χ2v) is 2.44. The van der Waals surface area contributed by atoms with E-state index in [-0.39, 0.29) is 0 Å². The van der Waals surface area contributed by atoms with Gasteiger partial charge in [0.1, 0.15) is 0 Å². The number of sulfonamides is 1. The van der Waals surface area contributed by atoms with Crippen LogP contribution < -0.4 is 5.14 Å². The molecule has 0 saturated carbocycles. The fourth-order valence-electron chi connectivity index (χ4n) is 0.110. The lowest BCUT2D eigenvalue weighted by Gasteiger charge is -1.81. The first-order chi connectivity index (χ1) is 3.48. The van der Waals surface area contributed by atoms with Crippen molar-refractivity contribution < 1.29 is 13.2 Å². The number of carbonyl (C=O) groups excluding carboxylic acids is 1. The van der Waals surface area contributed by atoms with E-state index >= 15 is 0 Å². The molecule has 0 aliphatic carbocycles. The van der Waals surface area contributed by atoms with Gasteiger partial charge in [-0.25, -0.2) is 8.42 Å². The van der Waals surface area contributed by atoms with E-state index in [0.29, 0.717) is 6.08 Å². The van der Waals surface area contributed by atoms with Gasteiger partial charge >= 0.3 is 0 Å². The lowest BCUT2D eigenvalue weighted by atomic mass is 10.7. The Hall–Kier alpha value is -0.680. The Morgan fingerprint density at radius 3 is 2.00 bits per heavy atom. The average molecular weight is 134 g/mol. The van der Waals surface area contributed by atoms with Gasteiger partial charge in [0.15, 0.2) is 0 Å². The lowest BCUT2D eigenvalue weighted by Crippen LogP contribution is -2.10. The molecule has 0 saturated heterocycles. The minimum absolute atomic E-state index is 0.586. The van der Waals surface area contributed by atoms with Crippen LogP contribution in [0.4, 0.5) is 0 Å². The summed E-state index contributed by atoms with van der Waals surface area (Å²) >= 11 is 0. The molecule has 0 bridgehead atoms. The van der Waals surface area contributed by atoms with Crippen molar-refractivity contribution in [1.29, 1.82) is 0 Å². The van der Waals surface area contributed by atoms with Crippen molar-refractivity contribution in [3.05, 3.63) is 12.7 Å². The Morgan fingerprint density at radius 1 is 1.62 bits per heavy atom. The fraction of sp³-hybridized carbons (Fsp3) is 0. The summed E-state index contributed by atoms with van der Waals surface area (Å²) in [5.41, 5.74) is 0. The highest BCUT2D eigenvalue weighted by Gasteiger charge is 2.11. The molecule has 8 heavy (non-hydrogen) atoms. The van der Waals surface area contributed by atoms with Gasteiger partial charge in [-0.3, -0.25) is 4.79 Å². The fourth-order valence-corrected chi connectivity index (χ4v) is 0.329. The van der Waals surface area contributed by atoms with Gasteiger partial charge in [-0.1, -0.05) is 6.58 Å². The van der Waals surface area contributed by atoms with Crippen LogP contribution in [0.3, 0.4) is 0 Å². The maximum Gasteiger partial charge on any atom is 0.292 e. The second kappa shape index (κ2) is 2.06. The second-order valence-electron chi connectivity index (χ2n) is 1.03. The molecule has 0 aromatic rings. The predicted octanol–water partition coefficient (Wildman–Crippen LogP) is -0.688. The maximum absolute atomic E-state index is 9.94. The third kappa shape index (κ3) is 1.85. The van der Waals surface area contributed by atoms with Crippen molar-refractivity contribution >= 4 is 15.1 Å². The molecule has 0 unspecified atom stereocenters. The number of nitrogens with one attached hydrogen (secondary N) is 1. The highest BCUT2D eigenvalue weighted by molar-refractivity contribution is 8.04. The first-order valence-corrected chi connectivity index (χ1v) is 3.13. The average Bonchev–Trinajstić information content (AvgIpc) is 1.62. The first kappa shape index (κ1) is 7.32. The van der Waals surface area contributed by atoms with E-state index in [9.17, 15) is 13.2 Å². The minimum Gasteiger partial charge on any atom is -0.275 e. The van der Waals surface area contributed by atoms with Gasteiger partial charge < -0.3 is 0 Å². The molecule has 0 atom stereocenters. The van der Waals surface area contributed by atoms with Gasteiger partial charge in [0.2, 0.25) is 0 Å². The van der Waals surface area contributed by atoms with Crippen LogP contribution in [-0.2, 0) is 14.8 Å². The van der Waals surface area contributed by atoms with Crippen LogP contribution >= 0.6 is 0 Å². The molecule has 0 aliphatic heterocycles. The summed E-state index contributed by atoms with van der Waals surface area (Å²) in [4.78, 5) is 9.94. The summed E-state index contributed by atoms with van der Waals surface area (Å²) in [5.74, 6) is 0. The molecule has 0 aromatic carbocycles. The van der Waals surface area contributed by atoms with E-state index in [0.717, 1.165) is 0 Å². The van der Waals surface area contributed by atoms with Crippen LogP contribution in [0.2, 0.25) is 0 Å². The molecule has 0 aromatic heterocycles. The number of hydrogen-bond donors (Lipinski definition) is 0. The normalized spacial score (nSPS) is 10.6. The zero-order valence-corrected chi connectivity index (χ0v) is 4.73. The number of hydrogen-bond acceptors (Lipinski definition) is 3. The van der Waals surface area contributed by atoms with Crippen LogP contribution in [-0.4, -0.2) is 13.5 Å². The van der Waals surface area contributed by atoms with Crippen molar-refractivity contribution in [3.63, 3.8) is 0 Å². The number of carbonyl (C=O) groups is 1. The van der Waals surface area contributed by atoms with Gasteiger partial charge in [0, 0.05) is 0 Å². The Kier molecular flexibility index (Phi) is 1.88. The van der Waals surface area contributed by atoms with E-state index in [1.165, 1.54) is 0 Å². The topological polar surface area (TPSA) is 75.0 Å². The summed E-state index contributed by atoms with van der Waals surface area (Å²) in [5, 5.41) is 4.82. The molecule has 1 radical (unpaired) electrons. The van der Waals surface area contributed by atoms with Crippen LogP contribution in [0.25, 0.3) is 0 Å². The van der Waals surface area contributed by atoms with Crippen LogP contribution in [0, 0.1) is 0 Å². The van der Waals surface area contributed by atoms with E-state index in [2.05, 4.69) is 6.58 Å². The molecule has 45 valence electrons. The van der Waals surface area contributed by atoms with E-state index in [1.807, 2.05) is 0 Å². The van der Waals surface area contributed by atoms with Crippen molar-refractivity contribution in [2.45, 2.75) is 0 Å². The molecule has 0 heterocycles. The third-order valence-corrected chi connectivity index (χ3v) is 1.13. The Bertz CT molecular complexity index is 203. The van der Waals surface area contributed by atoms with E-state index in [4.69, 9.17) is 5.14 Å². The van der Waals surface area contributed by atoms with Crippen molar-refractivity contribution in [2.24, 2.45) is 0 Å². The zero-order valence-electron chi connectivity index (χ0n) is 3.92. The quantitative estimate of drug-likeness (QED) is 0.445. The Balaban J connectivity index is 4.53. The smallest absolute Gasteiger partial charge is 0.275 e.